The van der Waals surface area contributed by atoms with Gasteiger partial charge in [0.25, 0.3) is 0 Å². The number of carbonyl (C=O) groups excluding carboxylic acids is 1. The zero-order chi connectivity index (χ0) is 17.9. The Bertz CT molecular complexity index is 1130. The molecule has 4 aromatic rings. The topological polar surface area (TPSA) is 57.8 Å². The predicted octanol–water partition coefficient (Wildman–Crippen LogP) is 4.18. The number of para-hydroxylation sites is 1. The number of hydrogen-bond donors (Lipinski definition) is 2. The van der Waals surface area contributed by atoms with E-state index in [2.05, 4.69) is 21.4 Å². The third kappa shape index (κ3) is 3.19. The highest BCUT2D eigenvalue weighted by atomic mass is 19.1. The minimum atomic E-state index is -0.331. The molecule has 1 amide bonds. The number of nitrogens with zero attached hydrogens (tertiary/aromatic N) is 1. The summed E-state index contributed by atoms with van der Waals surface area (Å²) >= 11 is 0. The fraction of sp³-hybridized carbons (Fsp3) is 0.0476. The first-order valence-corrected chi connectivity index (χ1v) is 8.26. The molecular formula is C21H16FN3O. The Morgan fingerprint density at radius 2 is 2.00 bits per heavy atom. The molecule has 2 N–H and O–H groups in total. The van der Waals surface area contributed by atoms with Gasteiger partial charge >= 0.3 is 0 Å². The fourth-order valence-electron chi connectivity index (χ4n) is 2.98. The summed E-state index contributed by atoms with van der Waals surface area (Å²) in [4.78, 5) is 19.8. The summed E-state index contributed by atoms with van der Waals surface area (Å²) in [6.45, 7) is 0.302. The lowest BCUT2D eigenvalue weighted by atomic mass is 10.1. The molecule has 4 nitrogen and oxygen atoms in total. The van der Waals surface area contributed by atoms with Crippen molar-refractivity contribution in [3.8, 4) is 0 Å². The molecule has 0 aliphatic heterocycles. The van der Waals surface area contributed by atoms with E-state index < -0.39 is 0 Å². The summed E-state index contributed by atoms with van der Waals surface area (Å²) in [5, 5.41) is 5.03. The van der Waals surface area contributed by atoms with Crippen LogP contribution in [0.3, 0.4) is 0 Å². The smallest absolute Gasteiger partial charge is 0.244 e. The molecule has 5 heteroatoms. The van der Waals surface area contributed by atoms with Crippen LogP contribution in [0, 0.1) is 5.82 Å². The monoisotopic (exact) mass is 345 g/mol. The maximum absolute atomic E-state index is 13.2. The van der Waals surface area contributed by atoms with E-state index in [0.717, 1.165) is 27.5 Å². The average molecular weight is 345 g/mol. The van der Waals surface area contributed by atoms with Gasteiger partial charge in [-0.05, 0) is 35.9 Å². The molecule has 2 aromatic heterocycles. The number of nitrogens with one attached hydrogen (secondary N) is 2. The van der Waals surface area contributed by atoms with Crippen molar-refractivity contribution in [3.63, 3.8) is 0 Å². The van der Waals surface area contributed by atoms with Gasteiger partial charge in [-0.2, -0.15) is 0 Å². The minimum absolute atomic E-state index is 0.260. The van der Waals surface area contributed by atoms with E-state index in [1.165, 1.54) is 18.2 Å². The second-order valence-electron chi connectivity index (χ2n) is 5.96. The molecule has 26 heavy (non-hydrogen) atoms. The molecule has 0 bridgehead atoms. The highest BCUT2D eigenvalue weighted by molar-refractivity contribution is 6.07. The number of fused-ring (bicyclic) bond motifs is 3. The molecule has 0 fully saturated rings. The van der Waals surface area contributed by atoms with Crippen molar-refractivity contribution in [3.05, 3.63) is 83.9 Å². The Morgan fingerprint density at radius 3 is 2.88 bits per heavy atom. The zero-order valence-electron chi connectivity index (χ0n) is 13.9. The van der Waals surface area contributed by atoms with Crippen molar-refractivity contribution in [2.24, 2.45) is 0 Å². The number of aromatic amines is 1. The lowest BCUT2D eigenvalue weighted by Gasteiger charge is -2.03. The first kappa shape index (κ1) is 16.0. The quantitative estimate of drug-likeness (QED) is 0.545. The van der Waals surface area contributed by atoms with Crippen molar-refractivity contribution >= 4 is 33.8 Å². The molecule has 0 spiro atoms. The minimum Gasteiger partial charge on any atom is -0.353 e. The number of amides is 1. The molecule has 0 aliphatic carbocycles. The Balaban J connectivity index is 1.52. The van der Waals surface area contributed by atoms with Crippen molar-refractivity contribution in [1.29, 1.82) is 0 Å². The first-order chi connectivity index (χ1) is 12.7. The van der Waals surface area contributed by atoms with Gasteiger partial charge in [-0.1, -0.05) is 30.3 Å². The second-order valence-corrected chi connectivity index (χ2v) is 5.96. The summed E-state index contributed by atoms with van der Waals surface area (Å²) in [6.07, 6.45) is 4.71. The molecule has 0 saturated carbocycles. The van der Waals surface area contributed by atoms with Crippen LogP contribution in [0.15, 0.2) is 66.9 Å². The lowest BCUT2D eigenvalue weighted by Crippen LogP contribution is -2.21. The third-order valence-electron chi connectivity index (χ3n) is 4.21. The molecule has 0 radical (unpaired) electrons. The summed E-state index contributed by atoms with van der Waals surface area (Å²) in [5.74, 6) is -0.591. The van der Waals surface area contributed by atoms with Crippen LogP contribution in [0.1, 0.15) is 11.3 Å². The van der Waals surface area contributed by atoms with Crippen molar-refractivity contribution in [2.45, 2.75) is 6.54 Å². The molecule has 0 saturated heterocycles. The van der Waals surface area contributed by atoms with Gasteiger partial charge in [0.15, 0.2) is 0 Å². The van der Waals surface area contributed by atoms with E-state index in [4.69, 9.17) is 0 Å². The van der Waals surface area contributed by atoms with Crippen molar-refractivity contribution in [2.75, 3.05) is 0 Å². The van der Waals surface area contributed by atoms with Crippen LogP contribution >= 0.6 is 0 Å². The van der Waals surface area contributed by atoms with E-state index in [1.807, 2.05) is 24.3 Å². The number of rotatable bonds is 4. The van der Waals surface area contributed by atoms with Gasteiger partial charge in [-0.25, -0.2) is 4.39 Å². The van der Waals surface area contributed by atoms with Crippen molar-refractivity contribution in [1.82, 2.24) is 15.3 Å². The Morgan fingerprint density at radius 1 is 1.12 bits per heavy atom. The number of hydrogen-bond acceptors (Lipinski definition) is 2. The number of halogens is 1. The lowest BCUT2D eigenvalue weighted by molar-refractivity contribution is -0.116. The number of aromatic nitrogens is 2. The Hall–Kier alpha value is -3.47. The second kappa shape index (κ2) is 6.80. The summed E-state index contributed by atoms with van der Waals surface area (Å²) in [5.41, 5.74) is 3.36. The molecule has 128 valence electrons. The van der Waals surface area contributed by atoms with Crippen LogP contribution < -0.4 is 5.32 Å². The predicted molar refractivity (Wildman–Crippen MR) is 101 cm³/mol. The first-order valence-electron chi connectivity index (χ1n) is 8.26. The van der Waals surface area contributed by atoms with Gasteiger partial charge < -0.3 is 10.3 Å². The van der Waals surface area contributed by atoms with Gasteiger partial charge in [-0.3, -0.25) is 9.78 Å². The van der Waals surface area contributed by atoms with Gasteiger partial charge in [-0.15, -0.1) is 0 Å². The normalized spacial score (nSPS) is 11.4. The molecule has 2 aromatic carbocycles. The fourth-order valence-corrected chi connectivity index (χ4v) is 2.98. The Kier molecular flexibility index (Phi) is 4.19. The molecule has 2 heterocycles. The van der Waals surface area contributed by atoms with Gasteiger partial charge in [0.2, 0.25) is 5.91 Å². The van der Waals surface area contributed by atoms with Crippen LogP contribution in [0.5, 0.6) is 0 Å². The average Bonchev–Trinajstić information content (AvgIpc) is 3.04. The maximum Gasteiger partial charge on any atom is 0.244 e. The molecule has 4 rings (SSSR count). The Labute approximate surface area is 149 Å². The van der Waals surface area contributed by atoms with Crippen LogP contribution in [-0.2, 0) is 11.3 Å². The summed E-state index contributed by atoms with van der Waals surface area (Å²) < 4.78 is 13.2. The number of H-pyrrole nitrogens is 1. The van der Waals surface area contributed by atoms with Gasteiger partial charge in [0.05, 0.1) is 17.8 Å². The highest BCUT2D eigenvalue weighted by Crippen LogP contribution is 2.26. The van der Waals surface area contributed by atoms with Crippen LogP contribution in [0.2, 0.25) is 0 Å². The summed E-state index contributed by atoms with van der Waals surface area (Å²) in [6, 6.07) is 16.1. The third-order valence-corrected chi connectivity index (χ3v) is 4.21. The molecular weight excluding hydrogens is 329 g/mol. The molecule has 0 aliphatic rings. The maximum atomic E-state index is 13.2. The number of carbonyl (C=O) groups is 1. The standard InChI is InChI=1S/C21H16FN3O/c22-15-5-3-4-14(12-15)8-9-20(26)24-13-19-21-17(10-11-23-19)16-6-1-2-7-18(16)25-21/h1-12,25H,13H2,(H,24,26)/b9-8+. The van der Waals surface area contributed by atoms with Crippen LogP contribution in [0.4, 0.5) is 4.39 Å². The number of pyridine rings is 1. The van der Waals surface area contributed by atoms with E-state index in [1.54, 1.807) is 24.4 Å². The van der Waals surface area contributed by atoms with E-state index in [9.17, 15) is 9.18 Å². The van der Waals surface area contributed by atoms with Crippen LogP contribution in [0.25, 0.3) is 27.9 Å². The van der Waals surface area contributed by atoms with E-state index in [-0.39, 0.29) is 11.7 Å². The molecule has 0 unspecified atom stereocenters. The molecule has 0 atom stereocenters. The van der Waals surface area contributed by atoms with Gasteiger partial charge in [0.1, 0.15) is 5.82 Å². The van der Waals surface area contributed by atoms with E-state index >= 15 is 0 Å². The van der Waals surface area contributed by atoms with Crippen molar-refractivity contribution < 1.29 is 9.18 Å². The van der Waals surface area contributed by atoms with Crippen LogP contribution in [-0.4, -0.2) is 15.9 Å². The SMILES string of the molecule is O=C(/C=C/c1cccc(F)c1)NCc1nccc2c1[nH]c1ccccc12. The number of benzene rings is 2. The summed E-state index contributed by atoms with van der Waals surface area (Å²) in [7, 11) is 0. The van der Waals surface area contributed by atoms with E-state index in [0.29, 0.717) is 12.1 Å². The largest absolute Gasteiger partial charge is 0.353 e. The highest BCUT2D eigenvalue weighted by Gasteiger charge is 2.09. The van der Waals surface area contributed by atoms with Gasteiger partial charge in [0, 0.05) is 28.6 Å². The zero-order valence-corrected chi connectivity index (χ0v) is 13.9.